The van der Waals surface area contributed by atoms with E-state index in [-0.39, 0.29) is 34.5 Å². The first-order valence-electron chi connectivity index (χ1n) is 15.6. The van der Waals surface area contributed by atoms with Gasteiger partial charge in [-0.15, -0.1) is 0 Å². The quantitative estimate of drug-likeness (QED) is 0.0583. The van der Waals surface area contributed by atoms with Crippen molar-refractivity contribution in [2.75, 3.05) is 19.6 Å². The first-order chi connectivity index (χ1) is 24.8. The molecule has 0 aliphatic rings. The fraction of sp³-hybridized carbons (Fsp3) is 0.189. The van der Waals surface area contributed by atoms with Crippen LogP contribution in [0.25, 0.3) is 22.6 Å². The summed E-state index contributed by atoms with van der Waals surface area (Å²) in [5.74, 6) is 0.410. The molecular weight excluding hydrogens is 808 g/mol. The Hall–Kier alpha value is -4.63. The van der Waals surface area contributed by atoms with Crippen LogP contribution in [0.5, 0.6) is 0 Å². The Kier molecular flexibility index (Phi) is 15.7. The Labute approximate surface area is 319 Å². The minimum atomic E-state index is -10.0. The molecule has 1 aromatic heterocycles. The first kappa shape index (κ1) is 48.4. The van der Waals surface area contributed by atoms with Crippen LogP contribution in [0.3, 0.4) is 0 Å². The van der Waals surface area contributed by atoms with Crippen LogP contribution in [0.2, 0.25) is 0 Å². The molecule has 0 saturated carbocycles. The number of halogens is 11. The molecule has 0 saturated heterocycles. The van der Waals surface area contributed by atoms with Gasteiger partial charge in [-0.05, 0) is 37.7 Å². The highest BCUT2D eigenvalue weighted by Gasteiger charge is 2.70. The fourth-order valence-corrected chi connectivity index (χ4v) is 5.64. The van der Waals surface area contributed by atoms with Gasteiger partial charge >= 0.3 is 20.4 Å². The van der Waals surface area contributed by atoms with Gasteiger partial charge in [0.1, 0.15) is 5.69 Å². The smallest absolute Gasteiger partial charge is 0.345 e. The Bertz CT molecular complexity index is 1950. The largest absolute Gasteiger partial charge is 0.410 e. The maximum absolute atomic E-state index is 13.6. The summed E-state index contributed by atoms with van der Waals surface area (Å²) >= 11 is 5.49. The van der Waals surface area contributed by atoms with Gasteiger partial charge in [-0.3, -0.25) is 0 Å². The topological polar surface area (TPSA) is 61.9 Å². The second-order valence-corrected chi connectivity index (χ2v) is 15.7. The number of aromatic nitrogens is 1. The molecule has 304 valence electrons. The lowest BCUT2D eigenvalue weighted by Crippen LogP contribution is -2.21. The minimum absolute atomic E-state index is 0. The van der Waals surface area contributed by atoms with Crippen LogP contribution < -0.4 is 0 Å². The molecule has 18 heteroatoms. The zero-order chi connectivity index (χ0) is 40.8. The van der Waals surface area contributed by atoms with Gasteiger partial charge in [-0.25, -0.2) is 0 Å². The summed E-state index contributed by atoms with van der Waals surface area (Å²) in [5, 5.41) is 14.6. The van der Waals surface area contributed by atoms with E-state index in [9.17, 15) is 38.9 Å². The highest BCUT2D eigenvalue weighted by molar-refractivity contribution is 8.49. The summed E-state index contributed by atoms with van der Waals surface area (Å²) in [7, 11) is -19.6. The highest BCUT2D eigenvalue weighted by Crippen LogP contribution is 3.03. The van der Waals surface area contributed by atoms with Crippen LogP contribution in [0.4, 0.5) is 38.9 Å². The number of oxime groups is 1. The van der Waals surface area contributed by atoms with E-state index in [0.717, 1.165) is 0 Å². The summed E-state index contributed by atoms with van der Waals surface area (Å²) in [6, 6.07) is 29.7. The van der Waals surface area contributed by atoms with Crippen LogP contribution >= 0.6 is 32.0 Å². The molecule has 0 aliphatic heterocycles. The van der Waals surface area contributed by atoms with Crippen molar-refractivity contribution < 1.29 is 48.6 Å². The molecule has 0 atom stereocenters. The maximum Gasteiger partial charge on any atom is 0.345 e. The molecular formula is C37H40ClF10N3O2S2. The fourth-order valence-electron chi connectivity index (χ4n) is 4.17. The van der Waals surface area contributed by atoms with E-state index >= 15 is 0 Å². The third kappa shape index (κ3) is 18.0. The van der Waals surface area contributed by atoms with E-state index in [1.165, 1.54) is 98.4 Å². The molecule has 1 N–H and O–H groups in total. The van der Waals surface area contributed by atoms with Crippen LogP contribution in [-0.2, 0) is 0 Å². The standard InChI is InChI=1S/C15H10F5NOS.C8H5F5S.C7H6ClNO.C6H15N.CH4/c16-23(17,18,19,20)15-13(11-7-3-1-4-8-11)21-22-14(15)12-9-5-2-6-10-12;9-14(10,11,12,13)7-6-8-4-2-1-3-5-8;8-7(9-10)6-4-2-1-3-5-6;1-4-7(5-2)6-3;/h1-10H;1-5H;1-5,10H;4-6H2,1-3H3;1H4/b;;9-7-;;. The van der Waals surface area contributed by atoms with Crippen LogP contribution in [-0.4, -0.2) is 40.1 Å². The second kappa shape index (κ2) is 17.9. The normalized spacial score (nSPS) is 13.8. The van der Waals surface area contributed by atoms with E-state index in [2.05, 4.69) is 40.5 Å². The molecule has 0 unspecified atom stereocenters. The number of rotatable bonds is 7. The highest BCUT2D eigenvalue weighted by atomic mass is 35.5. The first-order valence-corrected chi connectivity index (χ1v) is 19.9. The number of hydrogen-bond donors (Lipinski definition) is 1. The van der Waals surface area contributed by atoms with Gasteiger partial charge in [0.15, 0.2) is 15.8 Å². The monoisotopic (exact) mass is 847 g/mol. The van der Waals surface area contributed by atoms with E-state index in [0.29, 0.717) is 5.56 Å². The van der Waals surface area contributed by atoms with Crippen molar-refractivity contribution in [2.24, 2.45) is 5.16 Å². The molecule has 5 rings (SSSR count). The summed E-state index contributed by atoms with van der Waals surface area (Å²) in [5.41, 5.74) is -0.511. The van der Waals surface area contributed by atoms with E-state index in [1.807, 2.05) is 18.2 Å². The van der Waals surface area contributed by atoms with Crippen molar-refractivity contribution in [2.45, 2.75) is 33.1 Å². The number of hydrogen-bond acceptors (Lipinski definition) is 5. The lowest BCUT2D eigenvalue weighted by molar-refractivity contribution is 0.321. The molecule has 55 heavy (non-hydrogen) atoms. The molecule has 1 heterocycles. The van der Waals surface area contributed by atoms with E-state index < -0.39 is 36.8 Å². The summed E-state index contributed by atoms with van der Waals surface area (Å²) in [6.07, 6.45) is 0. The number of benzene rings is 4. The van der Waals surface area contributed by atoms with Gasteiger partial charge in [-0.2, -0.15) is 0 Å². The lowest BCUT2D eigenvalue weighted by atomic mass is 10.1. The zero-order valence-electron chi connectivity index (χ0n) is 28.8. The Morgan fingerprint density at radius 2 is 1.07 bits per heavy atom. The molecule has 0 radical (unpaired) electrons. The van der Waals surface area contributed by atoms with E-state index in [4.69, 9.17) is 16.8 Å². The average molecular weight is 848 g/mol. The lowest BCUT2D eigenvalue weighted by Gasteiger charge is -2.40. The van der Waals surface area contributed by atoms with E-state index in [1.54, 1.807) is 30.3 Å². The number of nitrogens with zero attached hydrogens (tertiary/aromatic N) is 3. The van der Waals surface area contributed by atoms with Crippen molar-refractivity contribution in [1.82, 2.24) is 10.1 Å². The van der Waals surface area contributed by atoms with Crippen molar-refractivity contribution in [3.05, 3.63) is 132 Å². The zero-order valence-corrected chi connectivity index (χ0v) is 31.2. The molecule has 5 nitrogen and oxygen atoms in total. The third-order valence-electron chi connectivity index (χ3n) is 6.72. The predicted octanol–water partition coefficient (Wildman–Crippen LogP) is 15.0. The van der Waals surface area contributed by atoms with Crippen molar-refractivity contribution >= 4 is 37.2 Å². The van der Waals surface area contributed by atoms with Crippen LogP contribution in [0, 0.1) is 11.2 Å². The SMILES string of the molecule is C.CCN(CC)CC.FS(F)(F)(F)(F)C#Cc1ccccc1.FS(F)(F)(F)(F)c1c(-c2ccccc2)noc1-c1ccccc1.O/N=C(\Cl)c1ccccc1. The Balaban J connectivity index is 0.000000404. The van der Waals surface area contributed by atoms with Crippen LogP contribution in [0.1, 0.15) is 39.3 Å². The van der Waals surface area contributed by atoms with Crippen molar-refractivity contribution in [3.63, 3.8) is 0 Å². The molecule has 0 fully saturated rings. The van der Waals surface area contributed by atoms with Gasteiger partial charge in [-0.1, -0.05) is 198 Å². The van der Waals surface area contributed by atoms with Gasteiger partial charge < -0.3 is 14.6 Å². The van der Waals surface area contributed by atoms with Crippen molar-refractivity contribution in [1.29, 1.82) is 0 Å². The third-order valence-corrected chi connectivity index (χ3v) is 8.65. The second-order valence-electron chi connectivity index (χ2n) is 10.8. The molecule has 0 bridgehead atoms. The van der Waals surface area contributed by atoms with Crippen LogP contribution in [0.15, 0.2) is 136 Å². The van der Waals surface area contributed by atoms with Crippen molar-refractivity contribution in [3.8, 4) is 33.8 Å². The predicted molar refractivity (Wildman–Crippen MR) is 206 cm³/mol. The Morgan fingerprint density at radius 3 is 1.44 bits per heavy atom. The van der Waals surface area contributed by atoms with Gasteiger partial charge in [0, 0.05) is 22.3 Å². The summed E-state index contributed by atoms with van der Waals surface area (Å²) < 4.78 is 131. The summed E-state index contributed by atoms with van der Waals surface area (Å²) in [6.45, 7) is 10.1. The molecule has 0 spiro atoms. The maximum atomic E-state index is 13.6. The van der Waals surface area contributed by atoms with Gasteiger partial charge in [0.2, 0.25) is 0 Å². The average Bonchev–Trinajstić information content (AvgIpc) is 3.60. The molecule has 0 aliphatic carbocycles. The molecule has 0 amide bonds. The minimum Gasteiger partial charge on any atom is -0.410 e. The molecule has 4 aromatic carbocycles. The Morgan fingerprint density at radius 1 is 0.673 bits per heavy atom. The van der Waals surface area contributed by atoms with Gasteiger partial charge in [0.05, 0.1) is 5.25 Å². The van der Waals surface area contributed by atoms with Gasteiger partial charge in [0.25, 0.3) is 0 Å². The molecule has 5 aromatic rings. The summed E-state index contributed by atoms with van der Waals surface area (Å²) in [4.78, 5) is 0.280.